The zero-order chi connectivity index (χ0) is 21.0. The summed E-state index contributed by atoms with van der Waals surface area (Å²) >= 11 is 12.2. The quantitative estimate of drug-likeness (QED) is 0.566. The van der Waals surface area contributed by atoms with Gasteiger partial charge in [-0.05, 0) is 49.9 Å². The maximum atomic E-state index is 13.4. The van der Waals surface area contributed by atoms with Gasteiger partial charge in [0.05, 0.1) is 5.69 Å². The average molecular weight is 452 g/mol. The molecule has 6 nitrogen and oxygen atoms in total. The Balaban J connectivity index is 1.55. The van der Waals surface area contributed by atoms with Gasteiger partial charge in [-0.25, -0.2) is 18.3 Å². The van der Waals surface area contributed by atoms with E-state index in [0.29, 0.717) is 21.3 Å². The first-order valence-corrected chi connectivity index (χ1v) is 10.5. The maximum absolute atomic E-state index is 13.4. The first kappa shape index (κ1) is 19.6. The Morgan fingerprint density at radius 2 is 1.80 bits per heavy atom. The van der Waals surface area contributed by atoms with E-state index in [2.05, 4.69) is 15.1 Å². The van der Waals surface area contributed by atoms with Crippen molar-refractivity contribution in [2.75, 3.05) is 0 Å². The van der Waals surface area contributed by atoms with Crippen LogP contribution < -0.4 is 0 Å². The van der Waals surface area contributed by atoms with Crippen molar-refractivity contribution in [1.29, 1.82) is 0 Å². The topological polar surface area (TPSA) is 63.4 Å². The lowest BCUT2D eigenvalue weighted by molar-refractivity contribution is 0.0554. The molecule has 1 amide bonds. The van der Waals surface area contributed by atoms with Crippen LogP contribution in [-0.4, -0.2) is 42.5 Å². The zero-order valence-corrected chi connectivity index (χ0v) is 17.2. The number of piperidine rings is 1. The number of hydrogen-bond donors (Lipinski definition) is 0. The predicted molar refractivity (Wildman–Crippen MR) is 107 cm³/mol. The summed E-state index contributed by atoms with van der Waals surface area (Å²) in [6.07, 6.45) is 1.81. The number of amides is 1. The molecule has 0 radical (unpaired) electrons. The molecule has 1 aromatic carbocycles. The van der Waals surface area contributed by atoms with Gasteiger partial charge in [0.2, 0.25) is 0 Å². The lowest BCUT2D eigenvalue weighted by atomic mass is 9.86. The molecule has 10 heteroatoms. The van der Waals surface area contributed by atoms with Gasteiger partial charge in [0, 0.05) is 33.6 Å². The highest BCUT2D eigenvalue weighted by atomic mass is 35.5. The Bertz CT molecular complexity index is 1120. The van der Waals surface area contributed by atoms with E-state index in [-0.39, 0.29) is 35.4 Å². The van der Waals surface area contributed by atoms with Gasteiger partial charge in [-0.1, -0.05) is 23.2 Å². The van der Waals surface area contributed by atoms with Crippen LogP contribution in [0.2, 0.25) is 10.0 Å². The second kappa shape index (κ2) is 7.42. The van der Waals surface area contributed by atoms with Gasteiger partial charge < -0.3 is 4.90 Å². The molecule has 0 aliphatic carbocycles. The van der Waals surface area contributed by atoms with E-state index in [9.17, 15) is 13.6 Å². The lowest BCUT2D eigenvalue weighted by Crippen LogP contribution is -2.47. The summed E-state index contributed by atoms with van der Waals surface area (Å²) in [6, 6.07) is 6.17. The lowest BCUT2D eigenvalue weighted by Gasteiger charge is -2.40. The number of benzene rings is 1. The minimum atomic E-state index is -2.71. The first-order valence-electron chi connectivity index (χ1n) is 9.70. The smallest absolute Gasteiger partial charge is 0.280 e. The van der Waals surface area contributed by atoms with Gasteiger partial charge in [-0.2, -0.15) is 10.1 Å². The van der Waals surface area contributed by atoms with Crippen LogP contribution in [-0.2, 0) is 0 Å². The number of fused-ring (bicyclic) bond motifs is 3. The highest BCUT2D eigenvalue weighted by Crippen LogP contribution is 2.45. The van der Waals surface area contributed by atoms with Gasteiger partial charge in [0.15, 0.2) is 0 Å². The molecule has 0 unspecified atom stereocenters. The van der Waals surface area contributed by atoms with E-state index in [1.165, 1.54) is 16.9 Å². The van der Waals surface area contributed by atoms with E-state index in [4.69, 9.17) is 23.2 Å². The summed E-state index contributed by atoms with van der Waals surface area (Å²) in [6.45, 7) is 0. The molecule has 3 atom stereocenters. The highest BCUT2D eigenvalue weighted by molar-refractivity contribution is 6.35. The minimum Gasteiger partial charge on any atom is -0.332 e. The Morgan fingerprint density at radius 3 is 2.53 bits per heavy atom. The number of nitrogens with zero attached hydrogens (tertiary/aromatic N) is 5. The summed E-state index contributed by atoms with van der Waals surface area (Å²) in [7, 11) is 0. The Hall–Kier alpha value is -2.32. The van der Waals surface area contributed by atoms with E-state index >= 15 is 0 Å². The van der Waals surface area contributed by atoms with Crippen LogP contribution >= 0.6 is 23.2 Å². The standard InChI is InChI=1S/C20H17Cl2F2N5O/c21-11-5-10(6-12(22)7-11)19(30)28-13-1-3-14(16(28)4-2-13)17-8-15(18(23)24)27-20-25-9-26-29(17)20/h5-9,13-14,16,18H,1-4H2/t13-,14-,16-/m0/s1. The van der Waals surface area contributed by atoms with Crippen LogP contribution in [0.5, 0.6) is 0 Å². The third-order valence-corrected chi connectivity index (χ3v) is 6.50. The molecule has 156 valence electrons. The van der Waals surface area contributed by atoms with Gasteiger partial charge in [0.25, 0.3) is 18.1 Å². The number of halogens is 4. The fraction of sp³-hybridized carbons (Fsp3) is 0.400. The number of hydrogen-bond acceptors (Lipinski definition) is 4. The molecule has 2 saturated heterocycles. The molecule has 0 N–H and O–H groups in total. The summed E-state index contributed by atoms with van der Waals surface area (Å²) in [5, 5.41) is 4.98. The number of aromatic nitrogens is 4. The molecule has 2 aliphatic heterocycles. The largest absolute Gasteiger partial charge is 0.332 e. The number of carbonyl (C=O) groups excluding carboxylic acids is 1. The molecule has 3 aromatic rings. The predicted octanol–water partition coefficient (Wildman–Crippen LogP) is 4.92. The normalized spacial score (nSPS) is 23.5. The van der Waals surface area contributed by atoms with Gasteiger partial charge in [0.1, 0.15) is 12.0 Å². The van der Waals surface area contributed by atoms with Gasteiger partial charge >= 0.3 is 0 Å². The molecular formula is C20H17Cl2F2N5O. The molecule has 5 rings (SSSR count). The highest BCUT2D eigenvalue weighted by Gasteiger charge is 2.46. The minimum absolute atomic E-state index is 0.110. The fourth-order valence-electron chi connectivity index (χ4n) is 4.87. The summed E-state index contributed by atoms with van der Waals surface area (Å²) < 4.78 is 28.4. The van der Waals surface area contributed by atoms with E-state index < -0.39 is 6.43 Å². The van der Waals surface area contributed by atoms with Crippen molar-refractivity contribution in [3.05, 3.63) is 57.6 Å². The molecule has 0 spiro atoms. The monoisotopic (exact) mass is 451 g/mol. The summed E-state index contributed by atoms with van der Waals surface area (Å²) in [5.74, 6) is -0.149. The molecule has 2 fully saturated rings. The molecule has 4 heterocycles. The maximum Gasteiger partial charge on any atom is 0.280 e. The van der Waals surface area contributed by atoms with Crippen LogP contribution in [0.3, 0.4) is 0 Å². The first-order chi connectivity index (χ1) is 14.4. The molecule has 2 aromatic heterocycles. The van der Waals surface area contributed by atoms with Crippen molar-refractivity contribution < 1.29 is 13.6 Å². The number of carbonyl (C=O) groups is 1. The Morgan fingerprint density at radius 1 is 1.07 bits per heavy atom. The van der Waals surface area contributed by atoms with Crippen LogP contribution in [0.15, 0.2) is 30.6 Å². The molecular weight excluding hydrogens is 435 g/mol. The third kappa shape index (κ3) is 3.22. The van der Waals surface area contributed by atoms with Gasteiger partial charge in [-0.15, -0.1) is 0 Å². The Kier molecular flexibility index (Phi) is 4.86. The average Bonchev–Trinajstić information content (AvgIpc) is 3.29. The summed E-state index contributed by atoms with van der Waals surface area (Å²) in [4.78, 5) is 23.1. The fourth-order valence-corrected chi connectivity index (χ4v) is 5.40. The van der Waals surface area contributed by atoms with E-state index in [1.54, 1.807) is 18.2 Å². The van der Waals surface area contributed by atoms with Crippen LogP contribution in [0, 0.1) is 0 Å². The van der Waals surface area contributed by atoms with Crippen molar-refractivity contribution in [2.24, 2.45) is 0 Å². The molecule has 30 heavy (non-hydrogen) atoms. The zero-order valence-electron chi connectivity index (χ0n) is 15.7. The third-order valence-electron chi connectivity index (χ3n) is 6.07. The number of rotatable bonds is 3. The Labute approximate surface area is 180 Å². The second-order valence-electron chi connectivity index (χ2n) is 7.73. The SMILES string of the molecule is O=C(c1cc(Cl)cc(Cl)c1)N1[C@H]2CC[C@H](c3cc(C(F)F)nc4ncnn34)[C@@H]1CC2. The number of alkyl halides is 2. The van der Waals surface area contributed by atoms with Gasteiger partial charge in [-0.3, -0.25) is 4.79 Å². The van der Waals surface area contributed by atoms with Crippen molar-refractivity contribution >= 4 is 34.9 Å². The van der Waals surface area contributed by atoms with Crippen LogP contribution in [0.1, 0.15) is 59.8 Å². The second-order valence-corrected chi connectivity index (χ2v) is 8.60. The van der Waals surface area contributed by atoms with Crippen LogP contribution in [0.25, 0.3) is 5.78 Å². The van der Waals surface area contributed by atoms with E-state index in [0.717, 1.165) is 25.7 Å². The van der Waals surface area contributed by atoms with Crippen molar-refractivity contribution in [3.8, 4) is 0 Å². The molecule has 2 aliphatic rings. The van der Waals surface area contributed by atoms with Crippen LogP contribution in [0.4, 0.5) is 8.78 Å². The summed E-state index contributed by atoms with van der Waals surface area (Å²) in [5.41, 5.74) is 0.712. The van der Waals surface area contributed by atoms with Crippen molar-refractivity contribution in [3.63, 3.8) is 0 Å². The molecule has 0 saturated carbocycles. The van der Waals surface area contributed by atoms with Crippen molar-refractivity contribution in [2.45, 2.75) is 50.1 Å². The molecule has 2 bridgehead atoms. The van der Waals surface area contributed by atoms with E-state index in [1.807, 2.05) is 4.90 Å². The van der Waals surface area contributed by atoms with Crippen molar-refractivity contribution in [1.82, 2.24) is 24.5 Å².